The van der Waals surface area contributed by atoms with Crippen LogP contribution >= 0.6 is 11.8 Å². The van der Waals surface area contributed by atoms with Crippen molar-refractivity contribution in [3.05, 3.63) is 76.9 Å². The average molecular weight is 422 g/mol. The lowest BCUT2D eigenvalue weighted by molar-refractivity contribution is 0.168. The van der Waals surface area contributed by atoms with Crippen LogP contribution in [-0.2, 0) is 10.5 Å². The first kappa shape index (κ1) is 19.7. The summed E-state index contributed by atoms with van der Waals surface area (Å²) in [5, 5.41) is 12.3. The predicted molar refractivity (Wildman–Crippen MR) is 114 cm³/mol. The number of rotatable bonds is 6. The largest absolute Gasteiger partial charge is 0.450 e. The van der Waals surface area contributed by atoms with E-state index in [4.69, 9.17) is 9.15 Å². The number of aromatic nitrogens is 3. The van der Waals surface area contributed by atoms with Crippen molar-refractivity contribution >= 4 is 34.5 Å². The molecule has 9 heteroatoms. The SMILES string of the molecule is CCOC(=O)Nc1ccc2c(CSc3nncn3-c3ccccc3)cc(=O)oc2c1. The van der Waals surface area contributed by atoms with Crippen LogP contribution in [0.5, 0.6) is 0 Å². The number of nitrogens with zero attached hydrogens (tertiary/aromatic N) is 3. The van der Waals surface area contributed by atoms with Gasteiger partial charge in [0.15, 0.2) is 5.16 Å². The number of benzene rings is 2. The molecule has 0 aliphatic carbocycles. The highest BCUT2D eigenvalue weighted by molar-refractivity contribution is 7.98. The lowest BCUT2D eigenvalue weighted by atomic mass is 10.1. The molecule has 0 saturated carbocycles. The van der Waals surface area contributed by atoms with Gasteiger partial charge in [-0.2, -0.15) is 0 Å². The Kier molecular flexibility index (Phi) is 5.80. The molecule has 2 aromatic carbocycles. The maximum Gasteiger partial charge on any atom is 0.411 e. The van der Waals surface area contributed by atoms with Gasteiger partial charge in [-0.3, -0.25) is 9.88 Å². The molecule has 30 heavy (non-hydrogen) atoms. The highest BCUT2D eigenvalue weighted by atomic mass is 32.2. The van der Waals surface area contributed by atoms with E-state index in [9.17, 15) is 9.59 Å². The Bertz CT molecular complexity index is 1240. The summed E-state index contributed by atoms with van der Waals surface area (Å²) < 4.78 is 12.1. The predicted octanol–water partition coefficient (Wildman–Crippen LogP) is 4.23. The summed E-state index contributed by atoms with van der Waals surface area (Å²) in [7, 11) is 0. The molecule has 2 aromatic heterocycles. The number of anilines is 1. The van der Waals surface area contributed by atoms with Gasteiger partial charge in [-0.1, -0.05) is 30.0 Å². The molecule has 2 heterocycles. The summed E-state index contributed by atoms with van der Waals surface area (Å²) in [6, 6.07) is 16.4. The summed E-state index contributed by atoms with van der Waals surface area (Å²) >= 11 is 1.47. The number of carbonyl (C=O) groups excluding carboxylic acids is 1. The van der Waals surface area contributed by atoms with E-state index in [1.54, 1.807) is 31.5 Å². The number of fused-ring (bicyclic) bond motifs is 1. The van der Waals surface area contributed by atoms with Crippen LogP contribution in [0.25, 0.3) is 16.7 Å². The second kappa shape index (κ2) is 8.83. The molecule has 1 amide bonds. The summed E-state index contributed by atoms with van der Waals surface area (Å²) in [5.74, 6) is 0.498. The molecule has 0 aliphatic heterocycles. The van der Waals surface area contributed by atoms with Crippen LogP contribution in [0, 0.1) is 0 Å². The number of hydrogen-bond donors (Lipinski definition) is 1. The molecule has 0 saturated heterocycles. The van der Waals surface area contributed by atoms with Crippen LogP contribution in [0.3, 0.4) is 0 Å². The van der Waals surface area contributed by atoms with Gasteiger partial charge >= 0.3 is 11.7 Å². The van der Waals surface area contributed by atoms with Crippen LogP contribution < -0.4 is 10.9 Å². The first-order valence-corrected chi connectivity index (χ1v) is 10.2. The number of carbonyl (C=O) groups is 1. The molecule has 1 N–H and O–H groups in total. The van der Waals surface area contributed by atoms with Gasteiger partial charge in [-0.15, -0.1) is 10.2 Å². The fourth-order valence-electron chi connectivity index (χ4n) is 2.94. The fourth-order valence-corrected chi connectivity index (χ4v) is 3.86. The van der Waals surface area contributed by atoms with Crippen molar-refractivity contribution in [1.82, 2.24) is 14.8 Å². The first-order valence-electron chi connectivity index (χ1n) is 9.23. The van der Waals surface area contributed by atoms with E-state index in [2.05, 4.69) is 15.5 Å². The van der Waals surface area contributed by atoms with Crippen molar-refractivity contribution < 1.29 is 13.9 Å². The van der Waals surface area contributed by atoms with E-state index >= 15 is 0 Å². The molecular weight excluding hydrogens is 404 g/mol. The van der Waals surface area contributed by atoms with E-state index in [0.717, 1.165) is 16.6 Å². The number of nitrogens with one attached hydrogen (secondary N) is 1. The van der Waals surface area contributed by atoms with Crippen LogP contribution in [0.1, 0.15) is 12.5 Å². The third kappa shape index (κ3) is 4.36. The van der Waals surface area contributed by atoms with Gasteiger partial charge in [0.2, 0.25) is 0 Å². The van der Waals surface area contributed by atoms with E-state index in [-0.39, 0.29) is 6.61 Å². The zero-order valence-corrected chi connectivity index (χ0v) is 16.9. The fraction of sp³-hybridized carbons (Fsp3) is 0.143. The average Bonchev–Trinajstić information content (AvgIpc) is 3.21. The number of hydrogen-bond acceptors (Lipinski definition) is 7. The van der Waals surface area contributed by atoms with Gasteiger partial charge in [-0.25, -0.2) is 9.59 Å². The van der Waals surface area contributed by atoms with E-state index in [1.807, 2.05) is 34.9 Å². The summed E-state index contributed by atoms with van der Waals surface area (Å²) in [5.41, 5.74) is 2.17. The number of amides is 1. The quantitative estimate of drug-likeness (QED) is 0.367. The van der Waals surface area contributed by atoms with Crippen molar-refractivity contribution in [2.24, 2.45) is 0 Å². The Morgan fingerprint density at radius 2 is 2.03 bits per heavy atom. The molecule has 0 radical (unpaired) electrons. The number of thioether (sulfide) groups is 1. The minimum Gasteiger partial charge on any atom is -0.450 e. The van der Waals surface area contributed by atoms with Crippen molar-refractivity contribution in [1.29, 1.82) is 0 Å². The van der Waals surface area contributed by atoms with Crippen LogP contribution in [0.4, 0.5) is 10.5 Å². The van der Waals surface area contributed by atoms with Gasteiger partial charge in [0.05, 0.1) is 6.61 Å². The third-order valence-corrected chi connectivity index (χ3v) is 5.25. The Labute approximate surface area is 175 Å². The molecule has 4 rings (SSSR count). The molecule has 0 bridgehead atoms. The van der Waals surface area contributed by atoms with Crippen LogP contribution in [0.15, 0.2) is 75.3 Å². The van der Waals surface area contributed by atoms with Crippen molar-refractivity contribution in [2.75, 3.05) is 11.9 Å². The molecular formula is C21H18N4O4S. The lowest BCUT2D eigenvalue weighted by Gasteiger charge is -2.09. The Hall–Kier alpha value is -3.59. The Morgan fingerprint density at radius 1 is 1.20 bits per heavy atom. The highest BCUT2D eigenvalue weighted by Gasteiger charge is 2.12. The zero-order valence-electron chi connectivity index (χ0n) is 16.1. The van der Waals surface area contributed by atoms with Gasteiger partial charge in [0.1, 0.15) is 11.9 Å². The maximum absolute atomic E-state index is 12.1. The van der Waals surface area contributed by atoms with E-state index in [0.29, 0.717) is 22.2 Å². The second-order valence-corrected chi connectivity index (χ2v) is 7.20. The normalized spacial score (nSPS) is 10.8. The van der Waals surface area contributed by atoms with Gasteiger partial charge < -0.3 is 9.15 Å². The smallest absolute Gasteiger partial charge is 0.411 e. The van der Waals surface area contributed by atoms with E-state index < -0.39 is 11.7 Å². The first-order chi connectivity index (χ1) is 14.6. The summed E-state index contributed by atoms with van der Waals surface area (Å²) in [6.07, 6.45) is 1.09. The van der Waals surface area contributed by atoms with Crippen molar-refractivity contribution in [3.63, 3.8) is 0 Å². The van der Waals surface area contributed by atoms with Gasteiger partial charge in [0.25, 0.3) is 0 Å². The van der Waals surface area contributed by atoms with E-state index in [1.165, 1.54) is 17.8 Å². The topological polar surface area (TPSA) is 99.2 Å². The van der Waals surface area contributed by atoms with Gasteiger partial charge in [-0.05, 0) is 36.8 Å². The van der Waals surface area contributed by atoms with Crippen molar-refractivity contribution in [2.45, 2.75) is 17.8 Å². The molecule has 0 aliphatic rings. The molecule has 8 nitrogen and oxygen atoms in total. The molecule has 4 aromatic rings. The van der Waals surface area contributed by atoms with Crippen LogP contribution in [-0.4, -0.2) is 27.5 Å². The third-order valence-electron chi connectivity index (χ3n) is 4.26. The standard InChI is InChI=1S/C21H18N4O4S/c1-2-28-21(27)23-15-8-9-17-14(10-19(26)29-18(17)11-15)12-30-20-24-22-13-25(20)16-6-4-3-5-7-16/h3-11,13H,2,12H2,1H3,(H,23,27). The maximum atomic E-state index is 12.1. The highest BCUT2D eigenvalue weighted by Crippen LogP contribution is 2.28. The molecule has 0 fully saturated rings. The molecule has 152 valence electrons. The minimum absolute atomic E-state index is 0.267. The molecule has 0 unspecified atom stereocenters. The number of para-hydroxylation sites is 1. The summed E-state index contributed by atoms with van der Waals surface area (Å²) in [6.45, 7) is 1.99. The molecule has 0 spiro atoms. The number of ether oxygens (including phenoxy) is 1. The van der Waals surface area contributed by atoms with Crippen LogP contribution in [0.2, 0.25) is 0 Å². The lowest BCUT2D eigenvalue weighted by Crippen LogP contribution is -2.13. The monoisotopic (exact) mass is 422 g/mol. The minimum atomic E-state index is -0.564. The Morgan fingerprint density at radius 3 is 2.83 bits per heavy atom. The van der Waals surface area contributed by atoms with Gasteiger partial charge in [0, 0.05) is 34.6 Å². The Balaban J connectivity index is 1.59. The second-order valence-electron chi connectivity index (χ2n) is 6.25. The summed E-state index contributed by atoms with van der Waals surface area (Å²) in [4.78, 5) is 23.7. The molecule has 0 atom stereocenters. The van der Waals surface area contributed by atoms with Crippen molar-refractivity contribution in [3.8, 4) is 5.69 Å². The zero-order chi connectivity index (χ0) is 20.9.